The molecule has 1 aromatic carbocycles. The first-order valence-corrected chi connectivity index (χ1v) is 7.48. The zero-order valence-electron chi connectivity index (χ0n) is 10.5. The van der Waals surface area contributed by atoms with Crippen LogP contribution in [0.3, 0.4) is 0 Å². The molecule has 0 aromatic heterocycles. The standard InChI is InChI=1S/C13H17NO3S/c1-4-12(15)10(2)13(14-18(3,16)17)11-8-6-5-7-9-11/h5-9,13-14H,2,4H2,1,3H3/t13-/m1/s1. The van der Waals surface area contributed by atoms with Gasteiger partial charge in [0.05, 0.1) is 12.3 Å². The molecule has 0 unspecified atom stereocenters. The van der Waals surface area contributed by atoms with E-state index in [4.69, 9.17) is 0 Å². The smallest absolute Gasteiger partial charge is 0.209 e. The maximum atomic E-state index is 11.7. The van der Waals surface area contributed by atoms with E-state index in [-0.39, 0.29) is 11.4 Å². The molecular formula is C13H17NO3S. The summed E-state index contributed by atoms with van der Waals surface area (Å²) in [5, 5.41) is 0. The van der Waals surface area contributed by atoms with Crippen LogP contribution in [0, 0.1) is 0 Å². The van der Waals surface area contributed by atoms with Gasteiger partial charge in [0.25, 0.3) is 0 Å². The third kappa shape index (κ3) is 4.09. The number of benzene rings is 1. The van der Waals surface area contributed by atoms with Gasteiger partial charge in [-0.25, -0.2) is 13.1 Å². The van der Waals surface area contributed by atoms with Crippen molar-refractivity contribution in [1.29, 1.82) is 0 Å². The number of rotatable bonds is 6. The van der Waals surface area contributed by atoms with E-state index in [9.17, 15) is 13.2 Å². The van der Waals surface area contributed by atoms with Crippen molar-refractivity contribution in [1.82, 2.24) is 4.72 Å². The highest BCUT2D eigenvalue weighted by atomic mass is 32.2. The van der Waals surface area contributed by atoms with Gasteiger partial charge in [-0.05, 0) is 5.56 Å². The molecule has 1 aromatic rings. The van der Waals surface area contributed by atoms with E-state index < -0.39 is 16.1 Å². The summed E-state index contributed by atoms with van der Waals surface area (Å²) in [5.41, 5.74) is 0.962. The van der Waals surface area contributed by atoms with Crippen LogP contribution in [0.25, 0.3) is 0 Å². The Bertz CT molecular complexity index is 535. The fourth-order valence-corrected chi connectivity index (χ4v) is 2.29. The molecule has 0 aliphatic carbocycles. The average Bonchev–Trinajstić information content (AvgIpc) is 2.34. The Kier molecular flexibility index (Phi) is 4.81. The monoisotopic (exact) mass is 267 g/mol. The summed E-state index contributed by atoms with van der Waals surface area (Å²) in [4.78, 5) is 11.7. The lowest BCUT2D eigenvalue weighted by Gasteiger charge is -2.19. The molecule has 0 spiro atoms. The molecule has 0 aliphatic heterocycles. The second-order valence-electron chi connectivity index (χ2n) is 4.04. The van der Waals surface area contributed by atoms with E-state index in [0.717, 1.165) is 6.26 Å². The summed E-state index contributed by atoms with van der Waals surface area (Å²) in [6, 6.07) is 8.22. The molecule has 0 radical (unpaired) electrons. The second-order valence-corrected chi connectivity index (χ2v) is 5.82. The Labute approximate surface area is 108 Å². The lowest BCUT2D eigenvalue weighted by molar-refractivity contribution is -0.115. The number of Topliss-reactive ketones (excluding diaryl/α,β-unsaturated/α-hetero) is 1. The number of nitrogens with one attached hydrogen (secondary N) is 1. The minimum Gasteiger partial charge on any atom is -0.295 e. The first-order chi connectivity index (χ1) is 8.35. The van der Waals surface area contributed by atoms with Crippen LogP contribution in [0.1, 0.15) is 24.9 Å². The molecule has 0 bridgehead atoms. The quantitative estimate of drug-likeness (QED) is 0.800. The van der Waals surface area contributed by atoms with Crippen molar-refractivity contribution in [3.05, 3.63) is 48.0 Å². The highest BCUT2D eigenvalue weighted by Gasteiger charge is 2.22. The highest BCUT2D eigenvalue weighted by Crippen LogP contribution is 2.22. The molecule has 0 heterocycles. The SMILES string of the molecule is C=C(C(=O)CC)[C@@H](NS(C)(=O)=O)c1ccccc1. The number of hydrogen-bond donors (Lipinski definition) is 1. The number of ketones is 1. The molecule has 4 nitrogen and oxygen atoms in total. The Balaban J connectivity index is 3.11. The van der Waals surface area contributed by atoms with Gasteiger partial charge in [0.1, 0.15) is 0 Å². The van der Waals surface area contributed by atoms with Crippen LogP contribution in [-0.2, 0) is 14.8 Å². The maximum absolute atomic E-state index is 11.7. The summed E-state index contributed by atoms with van der Waals surface area (Å²) >= 11 is 0. The third-order valence-electron chi connectivity index (χ3n) is 2.49. The van der Waals surface area contributed by atoms with Crippen molar-refractivity contribution in [3.8, 4) is 0 Å². The van der Waals surface area contributed by atoms with Crippen LogP contribution in [-0.4, -0.2) is 20.5 Å². The molecule has 1 rings (SSSR count). The Morgan fingerprint density at radius 1 is 1.33 bits per heavy atom. The molecule has 1 N–H and O–H groups in total. The van der Waals surface area contributed by atoms with E-state index in [0.29, 0.717) is 12.0 Å². The predicted molar refractivity (Wildman–Crippen MR) is 71.6 cm³/mol. The van der Waals surface area contributed by atoms with Gasteiger partial charge in [0.15, 0.2) is 5.78 Å². The van der Waals surface area contributed by atoms with Gasteiger partial charge >= 0.3 is 0 Å². The van der Waals surface area contributed by atoms with Crippen molar-refractivity contribution in [2.45, 2.75) is 19.4 Å². The Hall–Kier alpha value is -1.46. The zero-order chi connectivity index (χ0) is 13.8. The summed E-state index contributed by atoms with van der Waals surface area (Å²) in [6.07, 6.45) is 1.36. The minimum absolute atomic E-state index is 0.153. The van der Waals surface area contributed by atoms with Gasteiger partial charge in [-0.2, -0.15) is 0 Å². The topological polar surface area (TPSA) is 63.2 Å². The molecule has 0 saturated carbocycles. The van der Waals surface area contributed by atoms with Crippen molar-refractivity contribution in [2.75, 3.05) is 6.26 Å². The molecule has 1 atom stereocenters. The highest BCUT2D eigenvalue weighted by molar-refractivity contribution is 7.88. The fraction of sp³-hybridized carbons (Fsp3) is 0.308. The second kappa shape index (κ2) is 5.93. The molecule has 0 saturated heterocycles. The minimum atomic E-state index is -3.42. The number of carbonyl (C=O) groups is 1. The lowest BCUT2D eigenvalue weighted by atomic mass is 9.97. The predicted octanol–water partition coefficient (Wildman–Crippen LogP) is 1.81. The van der Waals surface area contributed by atoms with Crippen molar-refractivity contribution < 1.29 is 13.2 Å². The fourth-order valence-electron chi connectivity index (χ4n) is 1.59. The van der Waals surface area contributed by atoms with E-state index in [1.54, 1.807) is 31.2 Å². The van der Waals surface area contributed by atoms with Crippen LogP contribution >= 0.6 is 0 Å². The zero-order valence-corrected chi connectivity index (χ0v) is 11.3. The van der Waals surface area contributed by atoms with E-state index in [1.165, 1.54) is 0 Å². The number of hydrogen-bond acceptors (Lipinski definition) is 3. The van der Waals surface area contributed by atoms with Gasteiger partial charge in [-0.1, -0.05) is 43.8 Å². The molecule has 18 heavy (non-hydrogen) atoms. The van der Waals surface area contributed by atoms with E-state index in [2.05, 4.69) is 11.3 Å². The first kappa shape index (κ1) is 14.6. The first-order valence-electron chi connectivity index (χ1n) is 5.59. The summed E-state index contributed by atoms with van der Waals surface area (Å²) in [7, 11) is -3.42. The Morgan fingerprint density at radius 3 is 2.33 bits per heavy atom. The van der Waals surface area contributed by atoms with Crippen LogP contribution in [0.4, 0.5) is 0 Å². The van der Waals surface area contributed by atoms with Crippen LogP contribution in [0.15, 0.2) is 42.5 Å². The van der Waals surface area contributed by atoms with Crippen molar-refractivity contribution in [3.63, 3.8) is 0 Å². The van der Waals surface area contributed by atoms with Crippen LogP contribution < -0.4 is 4.72 Å². The normalized spacial score (nSPS) is 13.0. The largest absolute Gasteiger partial charge is 0.295 e. The molecular weight excluding hydrogens is 250 g/mol. The lowest BCUT2D eigenvalue weighted by Crippen LogP contribution is -2.30. The Morgan fingerprint density at radius 2 is 1.89 bits per heavy atom. The van der Waals surface area contributed by atoms with Gasteiger partial charge in [0.2, 0.25) is 10.0 Å². The molecule has 0 aliphatic rings. The summed E-state index contributed by atoms with van der Waals surface area (Å²) in [5.74, 6) is -0.153. The average molecular weight is 267 g/mol. The molecule has 5 heteroatoms. The number of carbonyl (C=O) groups excluding carboxylic acids is 1. The molecule has 0 amide bonds. The van der Waals surface area contributed by atoms with E-state index >= 15 is 0 Å². The summed E-state index contributed by atoms with van der Waals surface area (Å²) < 4.78 is 25.2. The molecule has 0 fully saturated rings. The van der Waals surface area contributed by atoms with Crippen LogP contribution in [0.2, 0.25) is 0 Å². The van der Waals surface area contributed by atoms with Crippen LogP contribution in [0.5, 0.6) is 0 Å². The maximum Gasteiger partial charge on any atom is 0.209 e. The third-order valence-corrected chi connectivity index (χ3v) is 3.16. The van der Waals surface area contributed by atoms with Gasteiger partial charge in [-0.15, -0.1) is 0 Å². The van der Waals surface area contributed by atoms with Crippen molar-refractivity contribution >= 4 is 15.8 Å². The van der Waals surface area contributed by atoms with Gasteiger partial charge < -0.3 is 0 Å². The van der Waals surface area contributed by atoms with E-state index in [1.807, 2.05) is 6.07 Å². The molecule has 98 valence electrons. The number of sulfonamides is 1. The van der Waals surface area contributed by atoms with Gasteiger partial charge in [-0.3, -0.25) is 4.79 Å². The summed E-state index contributed by atoms with van der Waals surface area (Å²) in [6.45, 7) is 5.43. The van der Waals surface area contributed by atoms with Crippen molar-refractivity contribution in [2.24, 2.45) is 0 Å². The van der Waals surface area contributed by atoms with Gasteiger partial charge in [0, 0.05) is 12.0 Å².